The maximum atomic E-state index is 6.29. The summed E-state index contributed by atoms with van der Waals surface area (Å²) in [5, 5.41) is 2.06. The third kappa shape index (κ3) is 4.70. The molecule has 0 aliphatic carbocycles. The Labute approximate surface area is 284 Å². The van der Waals surface area contributed by atoms with Gasteiger partial charge < -0.3 is 8.83 Å². The third-order valence-electron chi connectivity index (χ3n) is 8.87. The zero-order valence-electron chi connectivity index (χ0n) is 26.4. The Balaban J connectivity index is 1.08. The normalized spacial score (nSPS) is 11.6. The number of hydrogen-bond donors (Lipinski definition) is 0. The van der Waals surface area contributed by atoms with E-state index >= 15 is 0 Å². The Bertz CT molecular complexity index is 2820. The van der Waals surface area contributed by atoms with Crippen LogP contribution in [-0.2, 0) is 0 Å². The molecule has 0 unspecified atom stereocenters. The molecule has 0 aliphatic rings. The van der Waals surface area contributed by atoms with Gasteiger partial charge in [-0.3, -0.25) is 9.97 Å². The molecule has 10 rings (SSSR count). The van der Waals surface area contributed by atoms with Gasteiger partial charge in [0.15, 0.2) is 23.1 Å². The maximum Gasteiger partial charge on any atom is 0.227 e. The van der Waals surface area contributed by atoms with Gasteiger partial charge in [-0.1, -0.05) is 97.1 Å². The average Bonchev–Trinajstić information content (AvgIpc) is 3.78. The van der Waals surface area contributed by atoms with E-state index in [0.717, 1.165) is 66.4 Å². The van der Waals surface area contributed by atoms with E-state index in [1.807, 2.05) is 115 Å². The number of benzene rings is 6. The van der Waals surface area contributed by atoms with Crippen LogP contribution < -0.4 is 0 Å². The van der Waals surface area contributed by atoms with E-state index in [-0.39, 0.29) is 0 Å². The number of rotatable bonds is 5. The minimum atomic E-state index is 0.522. The minimum Gasteiger partial charge on any atom is -0.456 e. The highest BCUT2D eigenvalue weighted by Gasteiger charge is 2.19. The molecule has 6 aromatic carbocycles. The smallest absolute Gasteiger partial charge is 0.227 e. The van der Waals surface area contributed by atoms with E-state index in [1.165, 1.54) is 0 Å². The number of aromatic nitrogens is 6. The van der Waals surface area contributed by atoms with Crippen LogP contribution in [0.2, 0.25) is 0 Å². The molecule has 4 aromatic heterocycles. The first-order chi connectivity index (χ1) is 24.7. The van der Waals surface area contributed by atoms with Gasteiger partial charge in [0.1, 0.15) is 22.2 Å². The molecule has 0 spiro atoms. The number of hydrogen-bond acceptors (Lipinski definition) is 8. The lowest BCUT2D eigenvalue weighted by atomic mass is 9.99. The Kier molecular flexibility index (Phi) is 6.32. The molecule has 50 heavy (non-hydrogen) atoms. The number of furan rings is 1. The summed E-state index contributed by atoms with van der Waals surface area (Å²) in [6, 6.07) is 44.0. The SMILES string of the molecule is c1ccc(-c2nc(-c3ccccc3)nc(-c3ccc(-c4cccc(-c5nc6cc7c(cc6o5)oc5ccccc57)c4)c4nccnc34)n2)cc1. The molecule has 0 saturated carbocycles. The second-order valence-corrected chi connectivity index (χ2v) is 12.0. The van der Waals surface area contributed by atoms with Gasteiger partial charge in [0.05, 0.1) is 5.52 Å². The molecular formula is C42H24N6O2. The highest BCUT2D eigenvalue weighted by Crippen LogP contribution is 2.37. The van der Waals surface area contributed by atoms with Crippen LogP contribution in [-0.4, -0.2) is 29.9 Å². The summed E-state index contributed by atoms with van der Waals surface area (Å²) in [6.45, 7) is 0. The van der Waals surface area contributed by atoms with Crippen LogP contribution >= 0.6 is 0 Å². The standard InChI is InChI=1S/C42H24N6O2/c1-3-10-25(11-4-1)39-46-40(26-12-5-2-6-13-26)48-41(47-39)31-19-18-29(37-38(31)44-21-20-43-37)27-14-9-15-28(22-27)42-45-33-23-32-30-16-7-8-17-34(30)49-35(32)24-36(33)50-42/h1-24H. The minimum absolute atomic E-state index is 0.522. The lowest BCUT2D eigenvalue weighted by Gasteiger charge is -2.12. The van der Waals surface area contributed by atoms with Gasteiger partial charge in [-0.25, -0.2) is 19.9 Å². The summed E-state index contributed by atoms with van der Waals surface area (Å²) in [6.07, 6.45) is 3.40. The first kappa shape index (κ1) is 28.0. The van der Waals surface area contributed by atoms with Crippen molar-refractivity contribution < 1.29 is 8.83 Å². The van der Waals surface area contributed by atoms with Gasteiger partial charge >= 0.3 is 0 Å². The van der Waals surface area contributed by atoms with Crippen LogP contribution in [0.15, 0.2) is 155 Å². The Morgan fingerprint density at radius 1 is 0.380 bits per heavy atom. The van der Waals surface area contributed by atoms with Crippen molar-refractivity contribution in [1.29, 1.82) is 0 Å². The average molecular weight is 645 g/mol. The summed E-state index contributed by atoms with van der Waals surface area (Å²) in [5.41, 5.74) is 9.75. The summed E-state index contributed by atoms with van der Waals surface area (Å²) in [5.74, 6) is 2.22. The predicted molar refractivity (Wildman–Crippen MR) is 195 cm³/mol. The fourth-order valence-electron chi connectivity index (χ4n) is 6.49. The lowest BCUT2D eigenvalue weighted by molar-refractivity contribution is 0.617. The maximum absolute atomic E-state index is 6.29. The van der Waals surface area contributed by atoms with E-state index in [2.05, 4.69) is 18.2 Å². The monoisotopic (exact) mass is 644 g/mol. The van der Waals surface area contributed by atoms with Gasteiger partial charge in [0.2, 0.25) is 5.89 Å². The molecule has 8 heteroatoms. The molecule has 234 valence electrons. The van der Waals surface area contributed by atoms with E-state index in [9.17, 15) is 0 Å². The second-order valence-electron chi connectivity index (χ2n) is 12.0. The molecule has 0 fully saturated rings. The molecule has 0 radical (unpaired) electrons. The van der Waals surface area contributed by atoms with Crippen molar-refractivity contribution in [3.05, 3.63) is 146 Å². The van der Waals surface area contributed by atoms with Crippen LogP contribution in [0.4, 0.5) is 0 Å². The van der Waals surface area contributed by atoms with E-state index in [4.69, 9.17) is 38.7 Å². The van der Waals surface area contributed by atoms with Crippen molar-refractivity contribution in [2.45, 2.75) is 0 Å². The highest BCUT2D eigenvalue weighted by atomic mass is 16.4. The van der Waals surface area contributed by atoms with E-state index < -0.39 is 0 Å². The molecule has 0 atom stereocenters. The molecule has 0 aliphatic heterocycles. The summed E-state index contributed by atoms with van der Waals surface area (Å²) in [7, 11) is 0. The van der Waals surface area contributed by atoms with Gasteiger partial charge in [0, 0.05) is 57.0 Å². The number of nitrogens with zero attached hydrogens (tertiary/aromatic N) is 6. The predicted octanol–water partition coefficient (Wildman–Crippen LogP) is 10.2. The Hall–Kier alpha value is -7.06. The number of fused-ring (bicyclic) bond motifs is 5. The van der Waals surface area contributed by atoms with Crippen LogP contribution in [0.5, 0.6) is 0 Å². The molecule has 0 saturated heterocycles. The van der Waals surface area contributed by atoms with Gasteiger partial charge in [-0.05, 0) is 35.9 Å². The van der Waals surface area contributed by atoms with Crippen LogP contribution in [0.3, 0.4) is 0 Å². The first-order valence-corrected chi connectivity index (χ1v) is 16.2. The Morgan fingerprint density at radius 3 is 1.76 bits per heavy atom. The van der Waals surface area contributed by atoms with Gasteiger partial charge in [-0.15, -0.1) is 0 Å². The van der Waals surface area contributed by atoms with Crippen LogP contribution in [0.1, 0.15) is 0 Å². The molecule has 0 amide bonds. The van der Waals surface area contributed by atoms with Gasteiger partial charge in [0.25, 0.3) is 0 Å². The Morgan fingerprint density at radius 2 is 1.00 bits per heavy atom. The van der Waals surface area contributed by atoms with Crippen molar-refractivity contribution in [2.75, 3.05) is 0 Å². The fraction of sp³-hybridized carbons (Fsp3) is 0. The summed E-state index contributed by atoms with van der Waals surface area (Å²) in [4.78, 5) is 29.2. The van der Waals surface area contributed by atoms with Crippen molar-refractivity contribution in [2.24, 2.45) is 0 Å². The zero-order valence-corrected chi connectivity index (χ0v) is 26.4. The van der Waals surface area contributed by atoms with Crippen LogP contribution in [0.25, 0.3) is 101 Å². The number of oxazole rings is 1. The highest BCUT2D eigenvalue weighted by molar-refractivity contribution is 6.09. The van der Waals surface area contributed by atoms with E-state index in [0.29, 0.717) is 34.5 Å². The summed E-state index contributed by atoms with van der Waals surface area (Å²) < 4.78 is 12.4. The fourth-order valence-corrected chi connectivity index (χ4v) is 6.49. The lowest BCUT2D eigenvalue weighted by Crippen LogP contribution is -2.01. The molecule has 0 N–H and O–H groups in total. The molecule has 8 nitrogen and oxygen atoms in total. The topological polar surface area (TPSA) is 104 Å². The molecular weight excluding hydrogens is 621 g/mol. The first-order valence-electron chi connectivity index (χ1n) is 16.2. The quantitative estimate of drug-likeness (QED) is 0.182. The van der Waals surface area contributed by atoms with Crippen molar-refractivity contribution in [3.63, 3.8) is 0 Å². The third-order valence-corrected chi connectivity index (χ3v) is 8.87. The van der Waals surface area contributed by atoms with Crippen molar-refractivity contribution in [1.82, 2.24) is 29.9 Å². The summed E-state index contributed by atoms with van der Waals surface area (Å²) >= 11 is 0. The second kappa shape index (κ2) is 11.3. The molecule has 0 bridgehead atoms. The number of para-hydroxylation sites is 1. The zero-order chi connectivity index (χ0) is 33.0. The molecule has 4 heterocycles. The van der Waals surface area contributed by atoms with Crippen molar-refractivity contribution >= 4 is 44.1 Å². The van der Waals surface area contributed by atoms with Crippen LogP contribution in [0, 0.1) is 0 Å². The molecule has 10 aromatic rings. The van der Waals surface area contributed by atoms with Crippen molar-refractivity contribution in [3.8, 4) is 56.7 Å². The van der Waals surface area contributed by atoms with E-state index in [1.54, 1.807) is 12.4 Å². The van der Waals surface area contributed by atoms with Gasteiger partial charge in [-0.2, -0.15) is 0 Å². The largest absolute Gasteiger partial charge is 0.456 e.